The van der Waals surface area contributed by atoms with Gasteiger partial charge in [0.25, 0.3) is 0 Å². The Balaban J connectivity index is 2.12. The highest BCUT2D eigenvalue weighted by molar-refractivity contribution is 5.48. The molecule has 0 saturated carbocycles. The molecule has 0 aliphatic carbocycles. The number of nitrogens with one attached hydrogen (secondary N) is 1. The summed E-state index contributed by atoms with van der Waals surface area (Å²) in [5.74, 6) is 1.23. The standard InChI is InChI=1S/C14H22N6/c1-5-11-8-16-14(15)17-13(11)20(4)7-6-12-9(2)18-19-10(12)3/h8H,5-7H2,1-4H3,(H,18,19)(H2,15,16,17). The number of aromatic amines is 1. The van der Waals surface area contributed by atoms with Crippen LogP contribution in [-0.2, 0) is 12.8 Å². The van der Waals surface area contributed by atoms with Crippen molar-refractivity contribution in [3.05, 3.63) is 28.7 Å². The molecule has 0 unspecified atom stereocenters. The van der Waals surface area contributed by atoms with E-state index in [1.54, 1.807) is 0 Å². The highest BCUT2D eigenvalue weighted by Crippen LogP contribution is 2.18. The van der Waals surface area contributed by atoms with Crippen LogP contribution in [0, 0.1) is 13.8 Å². The van der Waals surface area contributed by atoms with Gasteiger partial charge < -0.3 is 10.6 Å². The van der Waals surface area contributed by atoms with Crippen LogP contribution in [0.1, 0.15) is 29.4 Å². The third-order valence-electron chi connectivity index (χ3n) is 3.58. The molecule has 0 aliphatic rings. The van der Waals surface area contributed by atoms with Crippen molar-refractivity contribution < 1.29 is 0 Å². The zero-order valence-corrected chi connectivity index (χ0v) is 12.6. The van der Waals surface area contributed by atoms with Crippen LogP contribution in [0.25, 0.3) is 0 Å². The van der Waals surface area contributed by atoms with Gasteiger partial charge in [0.15, 0.2) is 0 Å². The molecule has 0 atom stereocenters. The van der Waals surface area contributed by atoms with E-state index >= 15 is 0 Å². The Labute approximate surface area is 119 Å². The number of nitrogens with two attached hydrogens (primary N) is 1. The molecule has 0 aromatic carbocycles. The normalized spacial score (nSPS) is 10.8. The Morgan fingerprint density at radius 3 is 2.70 bits per heavy atom. The summed E-state index contributed by atoms with van der Waals surface area (Å²) >= 11 is 0. The van der Waals surface area contributed by atoms with E-state index < -0.39 is 0 Å². The zero-order chi connectivity index (χ0) is 14.7. The van der Waals surface area contributed by atoms with Gasteiger partial charge in [-0.2, -0.15) is 10.1 Å². The van der Waals surface area contributed by atoms with Gasteiger partial charge in [0.05, 0.1) is 5.69 Å². The number of rotatable bonds is 5. The summed E-state index contributed by atoms with van der Waals surface area (Å²) in [6.45, 7) is 7.04. The van der Waals surface area contributed by atoms with E-state index in [0.717, 1.165) is 42.2 Å². The van der Waals surface area contributed by atoms with Gasteiger partial charge in [0, 0.05) is 31.0 Å². The van der Waals surface area contributed by atoms with Gasteiger partial charge in [0.2, 0.25) is 5.95 Å². The summed E-state index contributed by atoms with van der Waals surface area (Å²) in [6, 6.07) is 0. The number of H-pyrrole nitrogens is 1. The van der Waals surface area contributed by atoms with Gasteiger partial charge in [-0.05, 0) is 32.3 Å². The van der Waals surface area contributed by atoms with Crippen molar-refractivity contribution in [2.24, 2.45) is 0 Å². The van der Waals surface area contributed by atoms with Crippen LogP contribution >= 0.6 is 0 Å². The average Bonchev–Trinajstić information content (AvgIpc) is 2.75. The molecule has 3 N–H and O–H groups in total. The van der Waals surface area contributed by atoms with Crippen LogP contribution in [0.2, 0.25) is 0 Å². The van der Waals surface area contributed by atoms with Crippen LogP contribution in [0.4, 0.5) is 11.8 Å². The molecule has 2 rings (SSSR count). The highest BCUT2D eigenvalue weighted by Gasteiger charge is 2.12. The molecular weight excluding hydrogens is 252 g/mol. The highest BCUT2D eigenvalue weighted by atomic mass is 15.2. The topological polar surface area (TPSA) is 83.7 Å². The van der Waals surface area contributed by atoms with E-state index in [1.165, 1.54) is 5.56 Å². The number of likely N-dealkylation sites (N-methyl/N-ethyl adjacent to an activating group) is 1. The van der Waals surface area contributed by atoms with Crippen LogP contribution in [0.15, 0.2) is 6.20 Å². The predicted octanol–water partition coefficient (Wildman–Crippen LogP) is 1.64. The Bertz CT molecular complexity index is 570. The minimum Gasteiger partial charge on any atom is -0.368 e. The molecule has 0 saturated heterocycles. The fourth-order valence-electron chi connectivity index (χ4n) is 2.32. The molecule has 0 spiro atoms. The molecule has 0 fully saturated rings. The lowest BCUT2D eigenvalue weighted by molar-refractivity contribution is 0.837. The molecule has 2 aromatic rings. The number of anilines is 2. The lowest BCUT2D eigenvalue weighted by Gasteiger charge is -2.21. The molecule has 6 nitrogen and oxygen atoms in total. The molecule has 0 bridgehead atoms. The van der Waals surface area contributed by atoms with Gasteiger partial charge in [0.1, 0.15) is 5.82 Å². The monoisotopic (exact) mass is 274 g/mol. The Hall–Kier alpha value is -2.11. The molecule has 20 heavy (non-hydrogen) atoms. The number of hydrogen-bond acceptors (Lipinski definition) is 5. The third kappa shape index (κ3) is 2.89. The van der Waals surface area contributed by atoms with E-state index in [2.05, 4.69) is 38.9 Å². The van der Waals surface area contributed by atoms with Gasteiger partial charge >= 0.3 is 0 Å². The second-order valence-corrected chi connectivity index (χ2v) is 5.01. The number of aryl methyl sites for hydroxylation is 3. The molecule has 0 radical (unpaired) electrons. The molecule has 0 aliphatic heterocycles. The fraction of sp³-hybridized carbons (Fsp3) is 0.500. The number of nitrogens with zero attached hydrogens (tertiary/aromatic N) is 4. The maximum Gasteiger partial charge on any atom is 0.221 e. The first-order valence-electron chi connectivity index (χ1n) is 6.85. The van der Waals surface area contributed by atoms with E-state index in [0.29, 0.717) is 5.95 Å². The predicted molar refractivity (Wildman–Crippen MR) is 80.9 cm³/mol. The summed E-state index contributed by atoms with van der Waals surface area (Å²) in [7, 11) is 2.03. The Morgan fingerprint density at radius 1 is 1.35 bits per heavy atom. The summed E-state index contributed by atoms with van der Waals surface area (Å²) in [5, 5.41) is 7.24. The average molecular weight is 274 g/mol. The first-order chi connectivity index (χ1) is 9.52. The smallest absolute Gasteiger partial charge is 0.221 e. The van der Waals surface area contributed by atoms with Crippen LogP contribution in [0.5, 0.6) is 0 Å². The lowest BCUT2D eigenvalue weighted by atomic mass is 10.1. The van der Waals surface area contributed by atoms with Crippen LogP contribution in [-0.4, -0.2) is 33.8 Å². The second kappa shape index (κ2) is 5.90. The van der Waals surface area contributed by atoms with E-state index in [-0.39, 0.29) is 0 Å². The maximum absolute atomic E-state index is 5.70. The lowest BCUT2D eigenvalue weighted by Crippen LogP contribution is -2.23. The summed E-state index contributed by atoms with van der Waals surface area (Å²) < 4.78 is 0. The molecule has 2 aromatic heterocycles. The van der Waals surface area contributed by atoms with Gasteiger partial charge in [-0.3, -0.25) is 5.10 Å². The van der Waals surface area contributed by atoms with E-state index in [9.17, 15) is 0 Å². The Morgan fingerprint density at radius 2 is 2.10 bits per heavy atom. The van der Waals surface area contributed by atoms with Crippen molar-refractivity contribution in [3.63, 3.8) is 0 Å². The molecule has 6 heteroatoms. The first kappa shape index (κ1) is 14.3. The maximum atomic E-state index is 5.70. The number of hydrogen-bond donors (Lipinski definition) is 2. The zero-order valence-electron chi connectivity index (χ0n) is 12.6. The van der Waals surface area contributed by atoms with Crippen molar-refractivity contribution in [1.29, 1.82) is 0 Å². The SMILES string of the molecule is CCc1cnc(N)nc1N(C)CCc1c(C)n[nH]c1C. The largest absolute Gasteiger partial charge is 0.368 e. The quantitative estimate of drug-likeness (QED) is 0.866. The molecule has 2 heterocycles. The van der Waals surface area contributed by atoms with Gasteiger partial charge in [-0.15, -0.1) is 0 Å². The van der Waals surface area contributed by atoms with Gasteiger partial charge in [-0.1, -0.05) is 6.92 Å². The van der Waals surface area contributed by atoms with Crippen molar-refractivity contribution in [3.8, 4) is 0 Å². The summed E-state index contributed by atoms with van der Waals surface area (Å²) in [6.07, 6.45) is 3.63. The number of aromatic nitrogens is 4. The Kier molecular flexibility index (Phi) is 4.22. The van der Waals surface area contributed by atoms with Crippen LogP contribution < -0.4 is 10.6 Å². The second-order valence-electron chi connectivity index (χ2n) is 5.01. The first-order valence-corrected chi connectivity index (χ1v) is 6.85. The molecular formula is C14H22N6. The van der Waals surface area contributed by atoms with Crippen molar-refractivity contribution in [1.82, 2.24) is 20.2 Å². The summed E-state index contributed by atoms with van der Waals surface area (Å²) in [4.78, 5) is 10.5. The van der Waals surface area contributed by atoms with Crippen molar-refractivity contribution in [2.45, 2.75) is 33.6 Å². The van der Waals surface area contributed by atoms with Crippen molar-refractivity contribution in [2.75, 3.05) is 24.2 Å². The van der Waals surface area contributed by atoms with Crippen molar-refractivity contribution >= 4 is 11.8 Å². The molecule has 108 valence electrons. The molecule has 0 amide bonds. The summed E-state index contributed by atoms with van der Waals surface area (Å²) in [5.41, 5.74) is 10.3. The van der Waals surface area contributed by atoms with E-state index in [1.807, 2.05) is 20.2 Å². The number of nitrogen functional groups attached to an aromatic ring is 1. The van der Waals surface area contributed by atoms with Crippen LogP contribution in [0.3, 0.4) is 0 Å². The minimum absolute atomic E-state index is 0.319. The van der Waals surface area contributed by atoms with Gasteiger partial charge in [-0.25, -0.2) is 4.98 Å². The van der Waals surface area contributed by atoms with E-state index in [4.69, 9.17) is 5.73 Å². The minimum atomic E-state index is 0.319. The third-order valence-corrected chi connectivity index (χ3v) is 3.58. The fourth-order valence-corrected chi connectivity index (χ4v) is 2.32.